The molecule has 1 aliphatic rings. The molecule has 0 aromatic rings. The summed E-state index contributed by atoms with van der Waals surface area (Å²) in [7, 11) is 0. The van der Waals surface area contributed by atoms with Crippen molar-refractivity contribution >= 4 is 0 Å². The van der Waals surface area contributed by atoms with Crippen LogP contribution in [-0.4, -0.2) is 23.8 Å². The third-order valence-corrected chi connectivity index (χ3v) is 3.29. The number of nitrogens with one attached hydrogen (secondary N) is 1. The second kappa shape index (κ2) is 5.50. The molecule has 0 aromatic heterocycles. The topological polar surface area (TPSA) is 32.3 Å². The minimum atomic E-state index is -0.208. The summed E-state index contributed by atoms with van der Waals surface area (Å²) in [6.07, 6.45) is 3.39. The molecule has 0 spiro atoms. The summed E-state index contributed by atoms with van der Waals surface area (Å²) in [6, 6.07) is 0.606. The fourth-order valence-electron chi connectivity index (χ4n) is 2.45. The number of aliphatic hydroxyl groups excluding tert-OH is 1. The molecular weight excluding hydrogens is 198 g/mol. The third kappa shape index (κ3) is 5.31. The summed E-state index contributed by atoms with van der Waals surface area (Å²) in [4.78, 5) is 0. The second-order valence-corrected chi connectivity index (χ2v) is 6.93. The Bertz CT molecular complexity index is 201. The molecule has 0 aliphatic heterocycles. The van der Waals surface area contributed by atoms with Crippen LogP contribution in [0, 0.1) is 17.3 Å². The van der Waals surface area contributed by atoms with Gasteiger partial charge >= 0.3 is 0 Å². The maximum Gasteiger partial charge on any atom is 0.0669 e. The molecule has 0 aromatic carbocycles. The van der Waals surface area contributed by atoms with Crippen LogP contribution in [0.4, 0.5) is 0 Å². The van der Waals surface area contributed by atoms with Crippen molar-refractivity contribution < 1.29 is 5.11 Å². The molecule has 16 heavy (non-hydrogen) atoms. The Morgan fingerprint density at radius 1 is 1.25 bits per heavy atom. The normalized spacial score (nSPS) is 21.2. The number of hydrogen-bond acceptors (Lipinski definition) is 2. The van der Waals surface area contributed by atoms with Crippen molar-refractivity contribution in [2.45, 2.75) is 66.0 Å². The van der Waals surface area contributed by atoms with Crippen molar-refractivity contribution in [1.29, 1.82) is 0 Å². The van der Waals surface area contributed by atoms with E-state index in [0.717, 1.165) is 18.9 Å². The first kappa shape index (κ1) is 14.0. The van der Waals surface area contributed by atoms with Crippen LogP contribution in [0.3, 0.4) is 0 Å². The lowest BCUT2D eigenvalue weighted by atomic mass is 9.89. The molecule has 0 bridgehead atoms. The number of hydrogen-bond donors (Lipinski definition) is 2. The average molecular weight is 227 g/mol. The van der Waals surface area contributed by atoms with Crippen molar-refractivity contribution in [3.05, 3.63) is 0 Å². The lowest BCUT2D eigenvalue weighted by Gasteiger charge is -2.27. The molecule has 1 fully saturated rings. The average Bonchev–Trinajstić information content (AvgIpc) is 2.83. The summed E-state index contributed by atoms with van der Waals surface area (Å²) >= 11 is 0. The quantitative estimate of drug-likeness (QED) is 0.731. The van der Waals surface area contributed by atoms with E-state index >= 15 is 0 Å². The number of rotatable bonds is 6. The van der Waals surface area contributed by atoms with E-state index in [1.807, 2.05) is 0 Å². The first-order chi connectivity index (χ1) is 7.29. The highest BCUT2D eigenvalue weighted by Gasteiger charge is 2.33. The van der Waals surface area contributed by atoms with Gasteiger partial charge in [-0.2, -0.15) is 0 Å². The maximum absolute atomic E-state index is 9.96. The predicted molar refractivity (Wildman–Crippen MR) is 69.4 cm³/mol. The molecule has 96 valence electrons. The van der Waals surface area contributed by atoms with Crippen molar-refractivity contribution in [2.24, 2.45) is 17.3 Å². The van der Waals surface area contributed by atoms with E-state index in [-0.39, 0.29) is 11.5 Å². The summed E-state index contributed by atoms with van der Waals surface area (Å²) in [5, 5.41) is 13.5. The standard InChI is InChI=1S/C14H29NO/c1-10(2)13(11-6-7-11)15-9-12(16)8-14(3,4)5/h10-13,15-16H,6-9H2,1-5H3. The smallest absolute Gasteiger partial charge is 0.0669 e. The molecule has 0 heterocycles. The first-order valence-electron chi connectivity index (χ1n) is 6.71. The Morgan fingerprint density at radius 2 is 1.81 bits per heavy atom. The van der Waals surface area contributed by atoms with Crippen LogP contribution in [0.1, 0.15) is 53.9 Å². The van der Waals surface area contributed by atoms with Gasteiger partial charge in [-0.25, -0.2) is 0 Å². The van der Waals surface area contributed by atoms with Gasteiger partial charge in [-0.05, 0) is 36.5 Å². The van der Waals surface area contributed by atoms with Gasteiger partial charge < -0.3 is 10.4 Å². The molecule has 1 saturated carbocycles. The van der Waals surface area contributed by atoms with Gasteiger partial charge in [0, 0.05) is 12.6 Å². The zero-order valence-electron chi connectivity index (χ0n) is 11.6. The molecule has 1 rings (SSSR count). The SMILES string of the molecule is CC(C)C(NCC(O)CC(C)(C)C)C1CC1. The molecule has 0 saturated heterocycles. The molecule has 2 nitrogen and oxygen atoms in total. The molecule has 2 heteroatoms. The molecule has 2 N–H and O–H groups in total. The molecule has 0 amide bonds. The van der Waals surface area contributed by atoms with Crippen LogP contribution < -0.4 is 5.32 Å². The van der Waals surface area contributed by atoms with Crippen molar-refractivity contribution in [3.8, 4) is 0 Å². The van der Waals surface area contributed by atoms with E-state index < -0.39 is 0 Å². The van der Waals surface area contributed by atoms with Crippen LogP contribution in [-0.2, 0) is 0 Å². The molecule has 2 atom stereocenters. The van der Waals surface area contributed by atoms with Crippen LogP contribution in [0.5, 0.6) is 0 Å². The zero-order chi connectivity index (χ0) is 12.3. The lowest BCUT2D eigenvalue weighted by Crippen LogP contribution is -2.41. The fraction of sp³-hybridized carbons (Fsp3) is 1.00. The fourth-order valence-corrected chi connectivity index (χ4v) is 2.45. The Labute approximate surface area is 101 Å². The first-order valence-corrected chi connectivity index (χ1v) is 6.71. The van der Waals surface area contributed by atoms with E-state index in [9.17, 15) is 5.11 Å². The van der Waals surface area contributed by atoms with Gasteiger partial charge in [0.15, 0.2) is 0 Å². The van der Waals surface area contributed by atoms with E-state index in [1.54, 1.807) is 0 Å². The van der Waals surface area contributed by atoms with Gasteiger partial charge in [0.25, 0.3) is 0 Å². The monoisotopic (exact) mass is 227 g/mol. The minimum Gasteiger partial charge on any atom is -0.392 e. The highest BCUT2D eigenvalue weighted by atomic mass is 16.3. The van der Waals surface area contributed by atoms with Crippen LogP contribution in [0.2, 0.25) is 0 Å². The van der Waals surface area contributed by atoms with Crippen LogP contribution >= 0.6 is 0 Å². The highest BCUT2D eigenvalue weighted by Crippen LogP contribution is 2.35. The van der Waals surface area contributed by atoms with Crippen molar-refractivity contribution in [1.82, 2.24) is 5.32 Å². The highest BCUT2D eigenvalue weighted by molar-refractivity contribution is 4.88. The molecular formula is C14H29NO. The summed E-state index contributed by atoms with van der Waals surface area (Å²) in [5.41, 5.74) is 0.216. The Hall–Kier alpha value is -0.0800. The Kier molecular flexibility index (Phi) is 4.81. The second-order valence-electron chi connectivity index (χ2n) is 6.93. The maximum atomic E-state index is 9.96. The molecule has 2 unspecified atom stereocenters. The van der Waals surface area contributed by atoms with Gasteiger partial charge in [-0.3, -0.25) is 0 Å². The molecule has 1 aliphatic carbocycles. The largest absolute Gasteiger partial charge is 0.392 e. The predicted octanol–water partition coefficient (Wildman–Crippen LogP) is 2.81. The zero-order valence-corrected chi connectivity index (χ0v) is 11.6. The van der Waals surface area contributed by atoms with Crippen LogP contribution in [0.15, 0.2) is 0 Å². The summed E-state index contributed by atoms with van der Waals surface area (Å²) in [6.45, 7) is 11.8. The van der Waals surface area contributed by atoms with E-state index in [1.165, 1.54) is 12.8 Å². The van der Waals surface area contributed by atoms with Gasteiger partial charge in [-0.15, -0.1) is 0 Å². The lowest BCUT2D eigenvalue weighted by molar-refractivity contribution is 0.113. The van der Waals surface area contributed by atoms with Gasteiger partial charge in [0.2, 0.25) is 0 Å². The Balaban J connectivity index is 2.26. The summed E-state index contributed by atoms with van der Waals surface area (Å²) in [5.74, 6) is 1.54. The van der Waals surface area contributed by atoms with Crippen molar-refractivity contribution in [2.75, 3.05) is 6.54 Å². The van der Waals surface area contributed by atoms with E-state index in [2.05, 4.69) is 39.9 Å². The molecule has 0 radical (unpaired) electrons. The van der Waals surface area contributed by atoms with Gasteiger partial charge in [-0.1, -0.05) is 34.6 Å². The minimum absolute atomic E-state index is 0.208. The van der Waals surface area contributed by atoms with Crippen LogP contribution in [0.25, 0.3) is 0 Å². The number of aliphatic hydroxyl groups is 1. The Morgan fingerprint density at radius 3 is 2.19 bits per heavy atom. The van der Waals surface area contributed by atoms with Crippen molar-refractivity contribution in [3.63, 3.8) is 0 Å². The summed E-state index contributed by atoms with van der Waals surface area (Å²) < 4.78 is 0. The van der Waals surface area contributed by atoms with Gasteiger partial charge in [0.05, 0.1) is 6.10 Å². The van der Waals surface area contributed by atoms with Gasteiger partial charge in [0.1, 0.15) is 0 Å². The van der Waals surface area contributed by atoms with E-state index in [0.29, 0.717) is 12.0 Å². The van der Waals surface area contributed by atoms with E-state index in [4.69, 9.17) is 0 Å². The third-order valence-electron chi connectivity index (χ3n) is 3.29.